The second kappa shape index (κ2) is 8.42. The van der Waals surface area contributed by atoms with E-state index in [-0.39, 0.29) is 23.0 Å². The topological polar surface area (TPSA) is 44.4 Å². The maximum Gasteiger partial charge on any atom is 0.255 e. The summed E-state index contributed by atoms with van der Waals surface area (Å²) in [5, 5.41) is 6.10. The molecule has 1 amide bonds. The zero-order valence-corrected chi connectivity index (χ0v) is 12.6. The number of hydrogen-bond donors (Lipinski definition) is 2. The number of carbonyl (C=O) groups excluding carboxylic acids is 1. The van der Waals surface area contributed by atoms with E-state index in [0.717, 1.165) is 32.7 Å². The van der Waals surface area contributed by atoms with Crippen LogP contribution in [0, 0.1) is 5.82 Å². The minimum Gasteiger partial charge on any atom is -0.351 e. The quantitative estimate of drug-likeness (QED) is 0.884. The Hall–Kier alpha value is -0.880. The van der Waals surface area contributed by atoms with Crippen molar-refractivity contribution < 1.29 is 9.18 Å². The van der Waals surface area contributed by atoms with Crippen molar-refractivity contribution in [2.24, 2.45) is 0 Å². The molecule has 0 atom stereocenters. The van der Waals surface area contributed by atoms with E-state index in [4.69, 9.17) is 11.6 Å². The van der Waals surface area contributed by atoms with E-state index in [1.54, 1.807) is 0 Å². The van der Waals surface area contributed by atoms with Crippen molar-refractivity contribution in [2.45, 2.75) is 0 Å². The molecule has 1 saturated heterocycles. The maximum atomic E-state index is 13.5. The third kappa shape index (κ3) is 4.59. The van der Waals surface area contributed by atoms with Gasteiger partial charge in [-0.05, 0) is 12.1 Å². The van der Waals surface area contributed by atoms with Crippen LogP contribution in [-0.2, 0) is 0 Å². The van der Waals surface area contributed by atoms with Gasteiger partial charge in [0.25, 0.3) is 5.91 Å². The molecule has 2 rings (SSSR count). The number of piperazine rings is 1. The van der Waals surface area contributed by atoms with Gasteiger partial charge < -0.3 is 10.6 Å². The first kappa shape index (κ1) is 17.2. The summed E-state index contributed by atoms with van der Waals surface area (Å²) in [4.78, 5) is 14.1. The Bertz CT molecular complexity index is 433. The lowest BCUT2D eigenvalue weighted by Crippen LogP contribution is -2.46. The van der Waals surface area contributed by atoms with E-state index < -0.39 is 11.7 Å². The zero-order valence-electron chi connectivity index (χ0n) is 11.0. The smallest absolute Gasteiger partial charge is 0.255 e. The van der Waals surface area contributed by atoms with Gasteiger partial charge in [-0.3, -0.25) is 9.69 Å². The molecule has 112 valence electrons. The number of carbonyl (C=O) groups is 1. The highest BCUT2D eigenvalue weighted by molar-refractivity contribution is 6.33. The van der Waals surface area contributed by atoms with Crippen LogP contribution in [0.1, 0.15) is 10.4 Å². The van der Waals surface area contributed by atoms with Crippen LogP contribution in [0.4, 0.5) is 4.39 Å². The molecule has 1 aliphatic rings. The molecule has 1 aliphatic heterocycles. The molecule has 0 spiro atoms. The van der Waals surface area contributed by atoms with Crippen molar-refractivity contribution in [3.63, 3.8) is 0 Å². The molecular weight excluding hydrogens is 304 g/mol. The fourth-order valence-corrected chi connectivity index (χ4v) is 2.31. The number of hydrogen-bond acceptors (Lipinski definition) is 3. The van der Waals surface area contributed by atoms with Crippen LogP contribution >= 0.6 is 24.0 Å². The van der Waals surface area contributed by atoms with Gasteiger partial charge in [0.2, 0.25) is 0 Å². The highest BCUT2D eigenvalue weighted by Gasteiger charge is 2.16. The minimum absolute atomic E-state index is 0. The van der Waals surface area contributed by atoms with E-state index >= 15 is 0 Å². The Morgan fingerprint density at radius 2 is 2.10 bits per heavy atom. The second-order valence-electron chi connectivity index (χ2n) is 4.44. The monoisotopic (exact) mass is 321 g/mol. The summed E-state index contributed by atoms with van der Waals surface area (Å²) in [5.41, 5.74) is -0.0792. The fraction of sp³-hybridized carbons (Fsp3) is 0.462. The van der Waals surface area contributed by atoms with Crippen LogP contribution in [0.15, 0.2) is 18.2 Å². The molecule has 7 heteroatoms. The standard InChI is InChI=1S/C13H17ClFN3O.ClH/c14-10-2-1-3-11(15)12(10)13(19)17-6-9-18-7-4-16-5-8-18;/h1-3,16H,4-9H2,(H,17,19);1H. The van der Waals surface area contributed by atoms with Gasteiger partial charge in [-0.2, -0.15) is 0 Å². The van der Waals surface area contributed by atoms with Gasteiger partial charge in [0.05, 0.1) is 10.6 Å². The number of rotatable bonds is 4. The van der Waals surface area contributed by atoms with E-state index in [1.165, 1.54) is 18.2 Å². The first-order valence-corrected chi connectivity index (χ1v) is 6.71. The Morgan fingerprint density at radius 1 is 1.40 bits per heavy atom. The maximum absolute atomic E-state index is 13.5. The molecule has 0 saturated carbocycles. The Labute approximate surface area is 129 Å². The normalized spacial score (nSPS) is 15.5. The van der Waals surface area contributed by atoms with Gasteiger partial charge in [0.15, 0.2) is 0 Å². The van der Waals surface area contributed by atoms with Gasteiger partial charge in [-0.1, -0.05) is 17.7 Å². The molecule has 0 aromatic heterocycles. The molecule has 0 radical (unpaired) electrons. The summed E-state index contributed by atoms with van der Waals surface area (Å²) in [7, 11) is 0. The zero-order chi connectivity index (χ0) is 13.7. The van der Waals surface area contributed by atoms with E-state index in [2.05, 4.69) is 15.5 Å². The molecule has 2 N–H and O–H groups in total. The molecule has 1 fully saturated rings. The van der Waals surface area contributed by atoms with Crippen molar-refractivity contribution in [1.29, 1.82) is 0 Å². The molecule has 4 nitrogen and oxygen atoms in total. The van der Waals surface area contributed by atoms with Gasteiger partial charge in [-0.25, -0.2) is 4.39 Å². The average Bonchev–Trinajstić information content (AvgIpc) is 2.40. The van der Waals surface area contributed by atoms with Crippen molar-refractivity contribution in [1.82, 2.24) is 15.5 Å². The highest BCUT2D eigenvalue weighted by atomic mass is 35.5. The molecule has 1 aromatic rings. The van der Waals surface area contributed by atoms with Crippen LogP contribution < -0.4 is 10.6 Å². The van der Waals surface area contributed by atoms with E-state index in [1.807, 2.05) is 0 Å². The molecule has 0 bridgehead atoms. The summed E-state index contributed by atoms with van der Waals surface area (Å²) in [6, 6.07) is 4.22. The third-order valence-corrected chi connectivity index (χ3v) is 3.43. The lowest BCUT2D eigenvalue weighted by atomic mass is 10.2. The van der Waals surface area contributed by atoms with Crippen LogP contribution in [0.25, 0.3) is 0 Å². The summed E-state index contributed by atoms with van der Waals surface area (Å²) >= 11 is 5.83. The molecular formula is C13H18Cl2FN3O. The second-order valence-corrected chi connectivity index (χ2v) is 4.85. The lowest BCUT2D eigenvalue weighted by molar-refractivity contribution is 0.0943. The molecule has 1 aromatic carbocycles. The lowest BCUT2D eigenvalue weighted by Gasteiger charge is -2.27. The Balaban J connectivity index is 0.00000200. The predicted octanol–water partition coefficient (Wildman–Crippen LogP) is 1.54. The number of halogens is 3. The molecule has 20 heavy (non-hydrogen) atoms. The van der Waals surface area contributed by atoms with Crippen LogP contribution in [0.5, 0.6) is 0 Å². The van der Waals surface area contributed by atoms with Crippen molar-refractivity contribution in [3.05, 3.63) is 34.6 Å². The summed E-state index contributed by atoms with van der Waals surface area (Å²) in [6.45, 7) is 5.12. The number of nitrogens with one attached hydrogen (secondary N) is 2. The van der Waals surface area contributed by atoms with Crippen LogP contribution in [0.2, 0.25) is 5.02 Å². The number of amides is 1. The van der Waals surface area contributed by atoms with Gasteiger partial charge >= 0.3 is 0 Å². The van der Waals surface area contributed by atoms with Gasteiger partial charge in [-0.15, -0.1) is 12.4 Å². The predicted molar refractivity (Wildman–Crippen MR) is 80.3 cm³/mol. The SMILES string of the molecule is Cl.O=C(NCCN1CCNCC1)c1c(F)cccc1Cl. The Morgan fingerprint density at radius 3 is 2.75 bits per heavy atom. The van der Waals surface area contributed by atoms with Gasteiger partial charge in [0.1, 0.15) is 5.82 Å². The first-order valence-electron chi connectivity index (χ1n) is 6.34. The summed E-state index contributed by atoms with van der Waals surface area (Å²) in [6.07, 6.45) is 0. The molecule has 0 aliphatic carbocycles. The summed E-state index contributed by atoms with van der Waals surface area (Å²) < 4.78 is 13.5. The fourth-order valence-electron chi connectivity index (χ4n) is 2.07. The number of benzene rings is 1. The summed E-state index contributed by atoms with van der Waals surface area (Å²) in [5.74, 6) is -1.05. The van der Waals surface area contributed by atoms with Crippen LogP contribution in [-0.4, -0.2) is 50.1 Å². The number of nitrogens with zero attached hydrogens (tertiary/aromatic N) is 1. The minimum atomic E-state index is -0.591. The van der Waals surface area contributed by atoms with E-state index in [0.29, 0.717) is 6.54 Å². The van der Waals surface area contributed by atoms with Gasteiger partial charge in [0, 0.05) is 39.3 Å². The highest BCUT2D eigenvalue weighted by Crippen LogP contribution is 2.18. The van der Waals surface area contributed by atoms with Crippen LogP contribution in [0.3, 0.4) is 0 Å². The first-order chi connectivity index (χ1) is 9.18. The average molecular weight is 322 g/mol. The third-order valence-electron chi connectivity index (χ3n) is 3.11. The largest absolute Gasteiger partial charge is 0.351 e. The molecule has 1 heterocycles. The van der Waals surface area contributed by atoms with E-state index in [9.17, 15) is 9.18 Å². The molecule has 0 unspecified atom stereocenters. The van der Waals surface area contributed by atoms with Crippen molar-refractivity contribution in [2.75, 3.05) is 39.3 Å². The van der Waals surface area contributed by atoms with Crippen molar-refractivity contribution >= 4 is 29.9 Å². The van der Waals surface area contributed by atoms with Crippen molar-refractivity contribution in [3.8, 4) is 0 Å². The Kier molecular flexibility index (Phi) is 7.23.